The van der Waals surface area contributed by atoms with Crippen LogP contribution in [0, 0.1) is 0 Å². The maximum absolute atomic E-state index is 4.67. The molecule has 122 valence electrons. The number of nitrogens with zero attached hydrogens (tertiary/aromatic N) is 3. The van der Waals surface area contributed by atoms with E-state index in [9.17, 15) is 0 Å². The van der Waals surface area contributed by atoms with Gasteiger partial charge in [0.15, 0.2) is 5.96 Å². The first kappa shape index (κ1) is 15.6. The third kappa shape index (κ3) is 3.73. The molecule has 1 saturated carbocycles. The molecule has 23 heavy (non-hydrogen) atoms. The highest BCUT2D eigenvalue weighted by Crippen LogP contribution is 2.47. The maximum Gasteiger partial charge on any atom is 0.191 e. The fourth-order valence-electron chi connectivity index (χ4n) is 2.82. The Kier molecular flexibility index (Phi) is 4.65. The van der Waals surface area contributed by atoms with E-state index in [1.165, 1.54) is 18.4 Å². The van der Waals surface area contributed by atoms with Crippen molar-refractivity contribution in [2.45, 2.75) is 31.7 Å². The van der Waals surface area contributed by atoms with Crippen molar-refractivity contribution in [3.8, 4) is 0 Å². The minimum Gasteiger partial charge on any atom is -0.357 e. The molecule has 0 atom stereocenters. The Bertz CT molecular complexity index is 655. The summed E-state index contributed by atoms with van der Waals surface area (Å²) in [5, 5.41) is 11.0. The minimum atomic E-state index is 0.282. The molecule has 0 spiro atoms. The van der Waals surface area contributed by atoms with Gasteiger partial charge >= 0.3 is 0 Å². The number of aliphatic imine (C=N–C) groups is 1. The summed E-state index contributed by atoms with van der Waals surface area (Å²) in [6.45, 7) is 4.50. The molecule has 5 nitrogen and oxygen atoms in total. The van der Waals surface area contributed by atoms with Gasteiger partial charge < -0.3 is 10.6 Å². The van der Waals surface area contributed by atoms with E-state index >= 15 is 0 Å². The third-order valence-corrected chi connectivity index (χ3v) is 4.50. The number of aryl methyl sites for hydroxylation is 1. The lowest BCUT2D eigenvalue weighted by Crippen LogP contribution is -2.41. The van der Waals surface area contributed by atoms with Crippen molar-refractivity contribution in [2.24, 2.45) is 12.0 Å². The number of hydrogen-bond donors (Lipinski definition) is 2. The van der Waals surface area contributed by atoms with Crippen LogP contribution in [-0.2, 0) is 19.0 Å². The first-order valence-electron chi connectivity index (χ1n) is 8.28. The second kappa shape index (κ2) is 6.86. The van der Waals surface area contributed by atoms with Gasteiger partial charge in [0.25, 0.3) is 0 Å². The van der Waals surface area contributed by atoms with Gasteiger partial charge in [-0.2, -0.15) is 5.10 Å². The molecule has 0 unspecified atom stereocenters. The van der Waals surface area contributed by atoms with Gasteiger partial charge in [0.05, 0.1) is 12.2 Å². The maximum atomic E-state index is 4.67. The standard InChI is InChI=1S/C18H25N5/c1-3-19-17(20-13-16-9-12-22-23(16)2)21-14-18(10-11-18)15-7-5-4-6-8-15/h4-9,12H,3,10-11,13-14H2,1-2H3,(H2,19,20,21). The van der Waals surface area contributed by atoms with E-state index in [-0.39, 0.29) is 5.41 Å². The lowest BCUT2D eigenvalue weighted by atomic mass is 9.96. The molecule has 0 saturated heterocycles. The molecule has 1 heterocycles. The molecule has 3 rings (SSSR count). The zero-order valence-electron chi connectivity index (χ0n) is 13.9. The van der Waals surface area contributed by atoms with Gasteiger partial charge in [-0.15, -0.1) is 0 Å². The predicted octanol–water partition coefficient (Wildman–Crippen LogP) is 2.21. The van der Waals surface area contributed by atoms with Crippen LogP contribution in [0.3, 0.4) is 0 Å². The van der Waals surface area contributed by atoms with Crippen molar-refractivity contribution >= 4 is 5.96 Å². The Hall–Kier alpha value is -2.30. The van der Waals surface area contributed by atoms with Crippen molar-refractivity contribution < 1.29 is 0 Å². The van der Waals surface area contributed by atoms with Gasteiger partial charge in [0.2, 0.25) is 0 Å². The van der Waals surface area contributed by atoms with Crippen LogP contribution in [0.15, 0.2) is 47.6 Å². The van der Waals surface area contributed by atoms with E-state index in [1.54, 1.807) is 6.20 Å². The molecule has 5 heteroatoms. The van der Waals surface area contributed by atoms with E-state index in [0.717, 1.165) is 24.7 Å². The summed E-state index contributed by atoms with van der Waals surface area (Å²) >= 11 is 0. The Morgan fingerprint density at radius 2 is 2.00 bits per heavy atom. The minimum absolute atomic E-state index is 0.282. The lowest BCUT2D eigenvalue weighted by Gasteiger charge is -2.19. The van der Waals surface area contributed by atoms with Gasteiger partial charge in [-0.1, -0.05) is 30.3 Å². The summed E-state index contributed by atoms with van der Waals surface area (Å²) in [5.41, 5.74) is 2.81. The number of guanidine groups is 1. The highest BCUT2D eigenvalue weighted by molar-refractivity contribution is 5.79. The van der Waals surface area contributed by atoms with Crippen LogP contribution in [0.1, 0.15) is 31.0 Å². The molecule has 1 fully saturated rings. The molecule has 1 aliphatic carbocycles. The molecule has 0 aliphatic heterocycles. The van der Waals surface area contributed by atoms with E-state index in [1.807, 2.05) is 17.8 Å². The van der Waals surface area contributed by atoms with Crippen LogP contribution >= 0.6 is 0 Å². The summed E-state index contributed by atoms with van der Waals surface area (Å²) < 4.78 is 1.86. The Morgan fingerprint density at radius 1 is 1.22 bits per heavy atom. The molecule has 1 aliphatic rings. The average Bonchev–Trinajstić information content (AvgIpc) is 3.27. The smallest absolute Gasteiger partial charge is 0.191 e. The van der Waals surface area contributed by atoms with Crippen LogP contribution in [0.5, 0.6) is 0 Å². The van der Waals surface area contributed by atoms with Crippen LogP contribution < -0.4 is 10.6 Å². The van der Waals surface area contributed by atoms with Crippen LogP contribution in [0.4, 0.5) is 0 Å². The number of hydrogen-bond acceptors (Lipinski definition) is 2. The normalized spacial score (nSPS) is 16.2. The fraction of sp³-hybridized carbons (Fsp3) is 0.444. The SMILES string of the molecule is CCNC(=NCc1ccnn1C)NCC1(c2ccccc2)CC1. The topological polar surface area (TPSA) is 54.2 Å². The molecule has 1 aromatic heterocycles. The Labute approximate surface area is 137 Å². The Balaban J connectivity index is 1.63. The summed E-state index contributed by atoms with van der Waals surface area (Å²) in [5.74, 6) is 0.871. The zero-order valence-corrected chi connectivity index (χ0v) is 13.9. The Morgan fingerprint density at radius 3 is 2.61 bits per heavy atom. The van der Waals surface area contributed by atoms with E-state index < -0.39 is 0 Å². The van der Waals surface area contributed by atoms with Crippen molar-refractivity contribution in [2.75, 3.05) is 13.1 Å². The fourth-order valence-corrected chi connectivity index (χ4v) is 2.82. The molecular weight excluding hydrogens is 286 g/mol. The van der Waals surface area contributed by atoms with Gasteiger partial charge in [0.1, 0.15) is 0 Å². The molecule has 0 radical (unpaired) electrons. The van der Waals surface area contributed by atoms with Crippen molar-refractivity contribution in [3.63, 3.8) is 0 Å². The molecule has 1 aromatic carbocycles. The summed E-state index contributed by atoms with van der Waals surface area (Å²) in [7, 11) is 1.94. The highest BCUT2D eigenvalue weighted by atomic mass is 15.3. The summed E-state index contributed by atoms with van der Waals surface area (Å²) in [6, 6.07) is 12.8. The van der Waals surface area contributed by atoms with E-state index in [0.29, 0.717) is 6.54 Å². The second-order valence-electron chi connectivity index (χ2n) is 6.14. The van der Waals surface area contributed by atoms with Gasteiger partial charge in [-0.05, 0) is 31.4 Å². The van der Waals surface area contributed by atoms with Crippen molar-refractivity contribution in [1.82, 2.24) is 20.4 Å². The van der Waals surface area contributed by atoms with E-state index in [2.05, 4.69) is 58.0 Å². The largest absolute Gasteiger partial charge is 0.357 e. The van der Waals surface area contributed by atoms with Gasteiger partial charge in [-0.25, -0.2) is 4.99 Å². The molecule has 0 amide bonds. The first-order chi connectivity index (χ1) is 11.2. The van der Waals surface area contributed by atoms with Crippen molar-refractivity contribution in [1.29, 1.82) is 0 Å². The predicted molar refractivity (Wildman–Crippen MR) is 93.4 cm³/mol. The van der Waals surface area contributed by atoms with Crippen LogP contribution in [-0.4, -0.2) is 28.8 Å². The van der Waals surface area contributed by atoms with Gasteiger partial charge in [0, 0.05) is 31.7 Å². The van der Waals surface area contributed by atoms with Crippen LogP contribution in [0.2, 0.25) is 0 Å². The van der Waals surface area contributed by atoms with Crippen LogP contribution in [0.25, 0.3) is 0 Å². The molecule has 0 bridgehead atoms. The quantitative estimate of drug-likeness (QED) is 0.635. The number of aromatic nitrogens is 2. The summed E-state index contributed by atoms with van der Waals surface area (Å²) in [4.78, 5) is 4.67. The van der Waals surface area contributed by atoms with Gasteiger partial charge in [-0.3, -0.25) is 4.68 Å². The molecular formula is C18H25N5. The van der Waals surface area contributed by atoms with E-state index in [4.69, 9.17) is 0 Å². The number of nitrogens with one attached hydrogen (secondary N) is 2. The average molecular weight is 311 g/mol. The third-order valence-electron chi connectivity index (χ3n) is 4.50. The number of rotatable bonds is 6. The molecule has 2 N–H and O–H groups in total. The summed E-state index contributed by atoms with van der Waals surface area (Å²) in [6.07, 6.45) is 4.29. The monoisotopic (exact) mass is 311 g/mol. The highest BCUT2D eigenvalue weighted by Gasteiger charge is 2.43. The number of benzene rings is 1. The lowest BCUT2D eigenvalue weighted by molar-refractivity contribution is 0.643. The van der Waals surface area contributed by atoms with Crippen molar-refractivity contribution in [3.05, 3.63) is 53.9 Å². The second-order valence-corrected chi connectivity index (χ2v) is 6.14. The zero-order chi connectivity index (χ0) is 16.1. The molecule has 2 aromatic rings. The first-order valence-corrected chi connectivity index (χ1v) is 8.28.